The zero-order valence-corrected chi connectivity index (χ0v) is 34.0. The van der Waals surface area contributed by atoms with Gasteiger partial charge in [0.1, 0.15) is 0 Å². The second kappa shape index (κ2) is 13.4. The molecule has 0 saturated heterocycles. The van der Waals surface area contributed by atoms with Crippen LogP contribution in [0.5, 0.6) is 0 Å². The lowest BCUT2D eigenvalue weighted by Crippen LogP contribution is -2.10. The van der Waals surface area contributed by atoms with E-state index in [4.69, 9.17) is 0 Å². The van der Waals surface area contributed by atoms with E-state index in [1.165, 1.54) is 88.4 Å². The van der Waals surface area contributed by atoms with E-state index in [-0.39, 0.29) is 10.8 Å². The van der Waals surface area contributed by atoms with E-state index >= 15 is 0 Å². The fraction of sp³-hybridized carbons (Fsp3) is 0.200. The van der Waals surface area contributed by atoms with Crippen molar-refractivity contribution in [3.05, 3.63) is 174 Å². The number of anilines is 3. The molecule has 0 aromatic heterocycles. The summed E-state index contributed by atoms with van der Waals surface area (Å²) in [5.41, 5.74) is 18.1. The Balaban J connectivity index is 1.15. The lowest BCUT2D eigenvalue weighted by molar-refractivity contribution is 0.590. The molecule has 276 valence electrons. The summed E-state index contributed by atoms with van der Waals surface area (Å²) in [7, 11) is 0. The molecular weight excluding hydrogens is 675 g/mol. The van der Waals surface area contributed by atoms with Crippen LogP contribution in [-0.2, 0) is 10.8 Å². The number of fused-ring (bicyclic) bond motifs is 6. The van der Waals surface area contributed by atoms with E-state index in [1.807, 2.05) is 0 Å². The molecule has 0 fully saturated rings. The molecule has 56 heavy (non-hydrogen) atoms. The Bertz CT molecular complexity index is 2750. The Kier molecular flexibility index (Phi) is 8.55. The van der Waals surface area contributed by atoms with E-state index in [9.17, 15) is 0 Å². The number of nitrogens with zero attached hydrogens (tertiary/aromatic N) is 1. The molecule has 0 radical (unpaired) electrons. The zero-order valence-electron chi connectivity index (χ0n) is 34.0. The summed E-state index contributed by atoms with van der Waals surface area (Å²) in [6.07, 6.45) is 0. The number of rotatable bonds is 6. The minimum Gasteiger partial charge on any atom is -0.310 e. The standard InChI is InChI=1S/C55H51N/c1-35(2)38-13-12-16-46(27-38)56(45-14-10-9-11-15-45)47-26-21-39-29-50-51(32-40(39)28-47)53-34-42-31-49(37-19-24-44(25-20-37)55(6,7)8)48(30-41(42)33-52(50)53)36-17-22-43(23-18-36)54(3,4)5/h9-35H,1-8H3. The van der Waals surface area contributed by atoms with Crippen LogP contribution in [0.4, 0.5) is 17.1 Å². The first-order valence-corrected chi connectivity index (χ1v) is 20.2. The first-order valence-electron chi connectivity index (χ1n) is 20.2. The molecule has 0 aliphatic heterocycles. The van der Waals surface area contributed by atoms with E-state index in [1.54, 1.807) is 0 Å². The highest BCUT2D eigenvalue weighted by molar-refractivity contribution is 6.13. The number of para-hydroxylation sites is 1. The van der Waals surface area contributed by atoms with Crippen LogP contribution < -0.4 is 4.90 Å². The van der Waals surface area contributed by atoms with Gasteiger partial charge in [-0.05, 0) is 172 Å². The summed E-state index contributed by atoms with van der Waals surface area (Å²) in [4.78, 5) is 2.38. The first-order chi connectivity index (χ1) is 26.8. The van der Waals surface area contributed by atoms with Crippen LogP contribution in [0.1, 0.15) is 78.0 Å². The van der Waals surface area contributed by atoms with Gasteiger partial charge in [0.15, 0.2) is 0 Å². The molecular formula is C55H51N. The van der Waals surface area contributed by atoms with Crippen LogP contribution in [-0.4, -0.2) is 0 Å². The van der Waals surface area contributed by atoms with Gasteiger partial charge in [0.05, 0.1) is 0 Å². The van der Waals surface area contributed by atoms with Crippen molar-refractivity contribution in [1.82, 2.24) is 0 Å². The Hall–Kier alpha value is -5.92. The molecule has 0 atom stereocenters. The summed E-state index contributed by atoms with van der Waals surface area (Å²) in [5.74, 6) is 0.454. The Labute approximate surface area is 333 Å². The SMILES string of the molecule is CC(C)c1cccc(N(c2ccccc2)c2ccc3cc4c(cc3c2)-c2cc3cc(-c5ccc(C(C)(C)C)cc5)c(-c5ccc(C(C)(C)C)cc5)cc3cc2-4)c1. The van der Waals surface area contributed by atoms with Crippen LogP contribution in [0.3, 0.4) is 0 Å². The number of hydrogen-bond donors (Lipinski definition) is 0. The van der Waals surface area contributed by atoms with Gasteiger partial charge in [-0.15, -0.1) is 0 Å². The normalized spacial score (nSPS) is 12.4. The van der Waals surface area contributed by atoms with Crippen LogP contribution >= 0.6 is 0 Å². The molecule has 0 saturated carbocycles. The van der Waals surface area contributed by atoms with Crippen LogP contribution in [0.25, 0.3) is 66.1 Å². The highest BCUT2D eigenvalue weighted by atomic mass is 15.1. The molecule has 1 aliphatic rings. The maximum absolute atomic E-state index is 2.43. The predicted molar refractivity (Wildman–Crippen MR) is 243 cm³/mol. The largest absolute Gasteiger partial charge is 0.310 e. The van der Waals surface area contributed by atoms with Crippen molar-refractivity contribution >= 4 is 38.6 Å². The molecule has 0 spiro atoms. The van der Waals surface area contributed by atoms with Crippen molar-refractivity contribution in [2.75, 3.05) is 4.90 Å². The summed E-state index contributed by atoms with van der Waals surface area (Å²) in [6.45, 7) is 18.2. The Morgan fingerprint density at radius 1 is 0.357 bits per heavy atom. The van der Waals surface area contributed by atoms with Crippen molar-refractivity contribution in [2.45, 2.75) is 72.1 Å². The topological polar surface area (TPSA) is 3.24 Å². The van der Waals surface area contributed by atoms with Gasteiger partial charge < -0.3 is 4.90 Å². The van der Waals surface area contributed by atoms with Crippen molar-refractivity contribution in [3.8, 4) is 44.5 Å². The van der Waals surface area contributed by atoms with E-state index in [0.717, 1.165) is 11.4 Å². The maximum Gasteiger partial charge on any atom is 0.0468 e. The van der Waals surface area contributed by atoms with Crippen molar-refractivity contribution in [2.24, 2.45) is 0 Å². The lowest BCUT2D eigenvalue weighted by atomic mass is 9.77. The van der Waals surface area contributed by atoms with E-state index in [0.29, 0.717) is 5.92 Å². The fourth-order valence-corrected chi connectivity index (χ4v) is 8.43. The van der Waals surface area contributed by atoms with Crippen molar-refractivity contribution in [3.63, 3.8) is 0 Å². The number of benzene rings is 8. The van der Waals surface area contributed by atoms with Crippen molar-refractivity contribution in [1.29, 1.82) is 0 Å². The quantitative estimate of drug-likeness (QED) is 0.165. The highest BCUT2D eigenvalue weighted by Crippen LogP contribution is 2.52. The van der Waals surface area contributed by atoms with E-state index < -0.39 is 0 Å². The highest BCUT2D eigenvalue weighted by Gasteiger charge is 2.25. The van der Waals surface area contributed by atoms with Gasteiger partial charge in [-0.2, -0.15) is 0 Å². The van der Waals surface area contributed by atoms with Gasteiger partial charge in [-0.25, -0.2) is 0 Å². The molecule has 0 N–H and O–H groups in total. The summed E-state index contributed by atoms with van der Waals surface area (Å²) < 4.78 is 0. The van der Waals surface area contributed by atoms with Gasteiger partial charge in [0.2, 0.25) is 0 Å². The maximum atomic E-state index is 2.43. The first kappa shape index (κ1) is 35.8. The van der Waals surface area contributed by atoms with Gasteiger partial charge in [0, 0.05) is 17.1 Å². The molecule has 0 amide bonds. The Morgan fingerprint density at radius 2 is 0.786 bits per heavy atom. The summed E-state index contributed by atoms with van der Waals surface area (Å²) >= 11 is 0. The predicted octanol–water partition coefficient (Wildman–Crippen LogP) is 16.2. The minimum atomic E-state index is 0.104. The molecule has 1 heteroatoms. The Morgan fingerprint density at radius 3 is 1.27 bits per heavy atom. The van der Waals surface area contributed by atoms with Gasteiger partial charge >= 0.3 is 0 Å². The third-order valence-corrected chi connectivity index (χ3v) is 11.8. The lowest BCUT2D eigenvalue weighted by Gasteiger charge is -2.28. The summed E-state index contributed by atoms with van der Waals surface area (Å²) in [5, 5.41) is 5.06. The minimum absolute atomic E-state index is 0.104. The van der Waals surface area contributed by atoms with Crippen LogP contribution in [0.15, 0.2) is 158 Å². The van der Waals surface area contributed by atoms with Gasteiger partial charge in [-0.1, -0.05) is 140 Å². The molecule has 8 aromatic rings. The van der Waals surface area contributed by atoms with Crippen LogP contribution in [0, 0.1) is 0 Å². The third-order valence-electron chi connectivity index (χ3n) is 11.8. The molecule has 1 aliphatic carbocycles. The van der Waals surface area contributed by atoms with Crippen molar-refractivity contribution < 1.29 is 0 Å². The zero-order chi connectivity index (χ0) is 38.9. The molecule has 0 unspecified atom stereocenters. The van der Waals surface area contributed by atoms with E-state index in [2.05, 4.69) is 218 Å². The number of hydrogen-bond acceptors (Lipinski definition) is 1. The van der Waals surface area contributed by atoms with Gasteiger partial charge in [-0.3, -0.25) is 0 Å². The smallest absolute Gasteiger partial charge is 0.0468 e. The molecule has 8 aromatic carbocycles. The molecule has 1 nitrogen and oxygen atoms in total. The summed E-state index contributed by atoms with van der Waals surface area (Å²) in [6, 6.07) is 59.6. The molecule has 9 rings (SSSR count). The third kappa shape index (κ3) is 6.40. The van der Waals surface area contributed by atoms with Crippen LogP contribution in [0.2, 0.25) is 0 Å². The molecule has 0 heterocycles. The second-order valence-electron chi connectivity index (χ2n) is 18.1. The average Bonchev–Trinajstić information content (AvgIpc) is 3.19. The second-order valence-corrected chi connectivity index (χ2v) is 18.1. The molecule has 0 bridgehead atoms. The monoisotopic (exact) mass is 725 g/mol. The van der Waals surface area contributed by atoms with Gasteiger partial charge in [0.25, 0.3) is 0 Å². The fourth-order valence-electron chi connectivity index (χ4n) is 8.43. The average molecular weight is 726 g/mol.